The molecule has 2 aliphatic heterocycles. The van der Waals surface area contributed by atoms with Crippen molar-refractivity contribution in [2.45, 2.75) is 18.9 Å². The molecule has 0 radical (unpaired) electrons. The van der Waals surface area contributed by atoms with Gasteiger partial charge in [0.15, 0.2) is 11.5 Å². The lowest BCUT2D eigenvalue weighted by Gasteiger charge is -2.31. The summed E-state index contributed by atoms with van der Waals surface area (Å²) in [5.41, 5.74) is 0.706. The second kappa shape index (κ2) is 5.79. The fraction of sp³-hybridized carbons (Fsp3) is 0.400. The van der Waals surface area contributed by atoms with E-state index in [-0.39, 0.29) is 12.8 Å². The second-order valence-corrected chi connectivity index (χ2v) is 5.60. The number of aromatic nitrogens is 3. The smallest absolute Gasteiger partial charge is 0.321 e. The van der Waals surface area contributed by atoms with Crippen molar-refractivity contribution in [1.82, 2.24) is 19.9 Å². The van der Waals surface area contributed by atoms with Crippen molar-refractivity contribution in [3.05, 3.63) is 30.6 Å². The molecule has 0 spiro atoms. The van der Waals surface area contributed by atoms with E-state index in [2.05, 4.69) is 15.6 Å². The minimum absolute atomic E-state index is 0.0964. The van der Waals surface area contributed by atoms with Crippen LogP contribution in [0.5, 0.6) is 11.5 Å². The maximum Gasteiger partial charge on any atom is 0.321 e. The van der Waals surface area contributed by atoms with Crippen LogP contribution in [0.25, 0.3) is 0 Å². The average molecular weight is 315 g/mol. The number of hydrogen-bond donors (Lipinski definition) is 1. The van der Waals surface area contributed by atoms with Gasteiger partial charge in [-0.3, -0.25) is 0 Å². The van der Waals surface area contributed by atoms with Crippen LogP contribution in [-0.2, 0) is 0 Å². The lowest BCUT2D eigenvalue weighted by Crippen LogP contribution is -2.41. The number of benzene rings is 1. The van der Waals surface area contributed by atoms with Crippen LogP contribution in [-0.4, -0.2) is 45.8 Å². The largest absolute Gasteiger partial charge is 0.454 e. The number of amides is 2. The summed E-state index contributed by atoms with van der Waals surface area (Å²) in [5, 5.41) is 10.8. The highest BCUT2D eigenvalue weighted by Gasteiger charge is 2.24. The van der Waals surface area contributed by atoms with Crippen molar-refractivity contribution in [3.63, 3.8) is 0 Å². The molecule has 1 fully saturated rings. The van der Waals surface area contributed by atoms with E-state index < -0.39 is 0 Å². The van der Waals surface area contributed by atoms with Gasteiger partial charge in [-0.2, -0.15) is 0 Å². The van der Waals surface area contributed by atoms with Crippen molar-refractivity contribution in [2.24, 2.45) is 0 Å². The lowest BCUT2D eigenvalue weighted by atomic mass is 10.1. The summed E-state index contributed by atoms with van der Waals surface area (Å²) in [5.74, 6) is 1.37. The lowest BCUT2D eigenvalue weighted by molar-refractivity contribution is 0.174. The van der Waals surface area contributed by atoms with Crippen molar-refractivity contribution in [3.8, 4) is 11.5 Å². The van der Waals surface area contributed by atoms with E-state index in [4.69, 9.17) is 9.47 Å². The summed E-state index contributed by atoms with van der Waals surface area (Å²) in [7, 11) is 0. The predicted octanol–water partition coefficient (Wildman–Crippen LogP) is 1.88. The Morgan fingerprint density at radius 3 is 2.83 bits per heavy atom. The number of fused-ring (bicyclic) bond motifs is 1. The van der Waals surface area contributed by atoms with Crippen molar-refractivity contribution in [2.75, 3.05) is 25.2 Å². The van der Waals surface area contributed by atoms with Crippen LogP contribution >= 0.6 is 0 Å². The van der Waals surface area contributed by atoms with Gasteiger partial charge < -0.3 is 19.7 Å². The van der Waals surface area contributed by atoms with Crippen LogP contribution in [0.4, 0.5) is 10.5 Å². The Labute approximate surface area is 133 Å². The zero-order valence-corrected chi connectivity index (χ0v) is 12.5. The minimum atomic E-state index is -0.0964. The molecule has 2 aliphatic rings. The zero-order chi connectivity index (χ0) is 15.6. The highest BCUT2D eigenvalue weighted by atomic mass is 16.7. The average Bonchev–Trinajstić information content (AvgIpc) is 3.26. The SMILES string of the molecule is O=C(Nc1ccc2c(c1)OCO2)N1CCC(n2ccnn2)CC1. The number of hydrogen-bond acceptors (Lipinski definition) is 5. The molecule has 1 aromatic heterocycles. The number of rotatable bonds is 2. The molecule has 8 heteroatoms. The van der Waals surface area contributed by atoms with Gasteiger partial charge in [-0.05, 0) is 25.0 Å². The number of nitrogens with zero attached hydrogens (tertiary/aromatic N) is 4. The van der Waals surface area contributed by atoms with Gasteiger partial charge in [0.2, 0.25) is 6.79 Å². The predicted molar refractivity (Wildman–Crippen MR) is 81.4 cm³/mol. The van der Waals surface area contributed by atoms with Crippen LogP contribution in [0.3, 0.4) is 0 Å². The summed E-state index contributed by atoms with van der Waals surface area (Å²) in [6.07, 6.45) is 5.29. The molecular weight excluding hydrogens is 298 g/mol. The molecule has 4 rings (SSSR count). The van der Waals surface area contributed by atoms with E-state index in [0.29, 0.717) is 36.3 Å². The number of anilines is 1. The van der Waals surface area contributed by atoms with Crippen LogP contribution in [0.1, 0.15) is 18.9 Å². The first-order chi connectivity index (χ1) is 11.3. The van der Waals surface area contributed by atoms with E-state index in [9.17, 15) is 4.79 Å². The van der Waals surface area contributed by atoms with Crippen molar-refractivity contribution in [1.29, 1.82) is 0 Å². The molecular formula is C15H17N5O3. The van der Waals surface area contributed by atoms with E-state index in [0.717, 1.165) is 12.8 Å². The summed E-state index contributed by atoms with van der Waals surface area (Å²) in [6, 6.07) is 5.61. The Hall–Kier alpha value is -2.77. The van der Waals surface area contributed by atoms with Crippen molar-refractivity contribution < 1.29 is 14.3 Å². The van der Waals surface area contributed by atoms with Crippen LogP contribution in [0.15, 0.2) is 30.6 Å². The molecule has 0 unspecified atom stereocenters. The Bertz CT molecular complexity index is 695. The molecule has 1 aromatic carbocycles. The highest BCUT2D eigenvalue weighted by molar-refractivity contribution is 5.89. The maximum atomic E-state index is 12.4. The minimum Gasteiger partial charge on any atom is -0.454 e. The number of ether oxygens (including phenoxy) is 2. The molecule has 1 N–H and O–H groups in total. The van der Waals surface area contributed by atoms with Gasteiger partial charge in [0.05, 0.1) is 12.2 Å². The fourth-order valence-corrected chi connectivity index (χ4v) is 2.92. The first-order valence-electron chi connectivity index (χ1n) is 7.61. The van der Waals surface area contributed by atoms with Crippen molar-refractivity contribution >= 4 is 11.7 Å². The number of piperidine rings is 1. The van der Waals surface area contributed by atoms with Crippen LogP contribution in [0, 0.1) is 0 Å². The Kier molecular flexibility index (Phi) is 3.49. The molecule has 1 saturated heterocycles. The number of carbonyl (C=O) groups is 1. The number of carbonyl (C=O) groups excluding carboxylic acids is 1. The number of nitrogens with one attached hydrogen (secondary N) is 1. The van der Waals surface area contributed by atoms with E-state index >= 15 is 0 Å². The normalized spacial score (nSPS) is 17.3. The Balaban J connectivity index is 1.35. The second-order valence-electron chi connectivity index (χ2n) is 5.60. The van der Waals surface area contributed by atoms with Gasteiger partial charge in [0.1, 0.15) is 0 Å². The monoisotopic (exact) mass is 315 g/mol. The Morgan fingerprint density at radius 1 is 1.22 bits per heavy atom. The first-order valence-corrected chi connectivity index (χ1v) is 7.61. The molecule has 23 heavy (non-hydrogen) atoms. The number of urea groups is 1. The van der Waals surface area contributed by atoms with Gasteiger partial charge in [0, 0.05) is 31.0 Å². The van der Waals surface area contributed by atoms with Crippen LogP contribution < -0.4 is 14.8 Å². The molecule has 8 nitrogen and oxygen atoms in total. The summed E-state index contributed by atoms with van der Waals surface area (Å²) < 4.78 is 12.5. The quantitative estimate of drug-likeness (QED) is 0.915. The maximum absolute atomic E-state index is 12.4. The van der Waals surface area contributed by atoms with Gasteiger partial charge in [-0.25, -0.2) is 9.48 Å². The topological polar surface area (TPSA) is 81.5 Å². The molecule has 0 bridgehead atoms. The van der Waals surface area contributed by atoms with Gasteiger partial charge in [-0.1, -0.05) is 5.21 Å². The summed E-state index contributed by atoms with van der Waals surface area (Å²) in [6.45, 7) is 1.62. The third-order valence-corrected chi connectivity index (χ3v) is 4.19. The molecule has 120 valence electrons. The molecule has 0 aliphatic carbocycles. The molecule has 3 heterocycles. The highest BCUT2D eigenvalue weighted by Crippen LogP contribution is 2.34. The molecule has 0 saturated carbocycles. The zero-order valence-electron chi connectivity index (χ0n) is 12.5. The Morgan fingerprint density at radius 2 is 2.04 bits per heavy atom. The molecule has 2 amide bonds. The number of likely N-dealkylation sites (tertiary alicyclic amines) is 1. The first kappa shape index (κ1) is 13.9. The standard InChI is InChI=1S/C15H17N5O3/c21-15(17-11-1-2-13-14(9-11)23-10-22-13)19-6-3-12(4-7-19)20-8-5-16-18-20/h1-2,5,8-9,12H,3-4,6-7,10H2,(H,17,21). The van der Waals surface area contributed by atoms with Crippen LogP contribution in [0.2, 0.25) is 0 Å². The molecule has 0 atom stereocenters. The third-order valence-electron chi connectivity index (χ3n) is 4.19. The van der Waals surface area contributed by atoms with Gasteiger partial charge >= 0.3 is 6.03 Å². The van der Waals surface area contributed by atoms with Gasteiger partial charge in [-0.15, -0.1) is 5.10 Å². The molecule has 2 aromatic rings. The van der Waals surface area contributed by atoms with E-state index in [1.165, 1.54) is 0 Å². The van der Waals surface area contributed by atoms with Gasteiger partial charge in [0.25, 0.3) is 0 Å². The fourth-order valence-electron chi connectivity index (χ4n) is 2.92. The third kappa shape index (κ3) is 2.79. The summed E-state index contributed by atoms with van der Waals surface area (Å²) in [4.78, 5) is 14.2. The summed E-state index contributed by atoms with van der Waals surface area (Å²) >= 11 is 0. The van der Waals surface area contributed by atoms with E-state index in [1.807, 2.05) is 21.8 Å². The van der Waals surface area contributed by atoms with E-state index in [1.54, 1.807) is 18.3 Å².